The molecule has 1 fully saturated rings. The van der Waals surface area contributed by atoms with Crippen LogP contribution in [0.3, 0.4) is 0 Å². The van der Waals surface area contributed by atoms with Crippen LogP contribution in [0.25, 0.3) is 0 Å². The summed E-state index contributed by atoms with van der Waals surface area (Å²) in [6, 6.07) is 8.15. The molecule has 1 radical (unpaired) electrons. The number of anilines is 1. The zero-order valence-corrected chi connectivity index (χ0v) is 9.12. The van der Waals surface area contributed by atoms with Crippen LogP contribution in [-0.2, 0) is 10.2 Å². The zero-order valence-electron chi connectivity index (χ0n) is 9.12. The predicted octanol–water partition coefficient (Wildman–Crippen LogP) is 1.46. The first-order valence-electron chi connectivity index (χ1n) is 5.75. The molecule has 1 spiro atoms. The summed E-state index contributed by atoms with van der Waals surface area (Å²) in [7, 11) is 0. The minimum absolute atomic E-state index is 0.0375. The Morgan fingerprint density at radius 2 is 2.12 bits per heavy atom. The number of hydrogen-bond donors (Lipinski definition) is 2. The van der Waals surface area contributed by atoms with E-state index < -0.39 is 0 Å². The zero-order chi connectivity index (χ0) is 11.0. The van der Waals surface area contributed by atoms with Crippen molar-refractivity contribution in [3.63, 3.8) is 0 Å². The number of para-hydroxylation sites is 1. The molecule has 2 N–H and O–H groups in total. The molecular formula is C13H15N2O. The molecule has 0 saturated carbocycles. The molecule has 1 unspecified atom stereocenters. The third kappa shape index (κ3) is 1.43. The normalized spacial score (nSPS) is 22.6. The van der Waals surface area contributed by atoms with E-state index in [1.54, 1.807) is 0 Å². The van der Waals surface area contributed by atoms with Crippen molar-refractivity contribution in [1.29, 1.82) is 0 Å². The maximum absolute atomic E-state index is 11.7. The molecule has 16 heavy (non-hydrogen) atoms. The van der Waals surface area contributed by atoms with Crippen LogP contribution < -0.4 is 10.6 Å². The molecule has 2 aliphatic heterocycles. The number of fused-ring (bicyclic) bond motifs is 2. The lowest BCUT2D eigenvalue weighted by Crippen LogP contribution is -2.45. The molecule has 2 heterocycles. The molecule has 1 atom stereocenters. The number of nitrogens with one attached hydrogen (secondary N) is 2. The predicted molar refractivity (Wildman–Crippen MR) is 63.2 cm³/mol. The second-order valence-corrected chi connectivity index (χ2v) is 4.58. The lowest BCUT2D eigenvalue weighted by molar-refractivity contribution is -0.117. The van der Waals surface area contributed by atoms with Crippen LogP contribution in [0.4, 0.5) is 5.69 Å². The minimum atomic E-state index is -0.0375. The van der Waals surface area contributed by atoms with Gasteiger partial charge >= 0.3 is 0 Å². The molecule has 0 aliphatic carbocycles. The van der Waals surface area contributed by atoms with Crippen molar-refractivity contribution in [2.75, 3.05) is 18.4 Å². The highest BCUT2D eigenvalue weighted by molar-refractivity contribution is 5.95. The van der Waals surface area contributed by atoms with Crippen LogP contribution in [0.2, 0.25) is 0 Å². The number of rotatable bonds is 0. The van der Waals surface area contributed by atoms with E-state index in [1.807, 2.05) is 18.2 Å². The van der Waals surface area contributed by atoms with Gasteiger partial charge in [-0.25, -0.2) is 0 Å². The van der Waals surface area contributed by atoms with Crippen LogP contribution >= 0.6 is 0 Å². The Morgan fingerprint density at radius 3 is 2.94 bits per heavy atom. The average molecular weight is 215 g/mol. The standard InChI is InChI=1S/C13H15N2O/c16-12-9-13(5-7-14-8-6-13)10-3-1-2-4-11(10)15-12/h1-5,14H,6-9H2,(H,15,16). The largest absolute Gasteiger partial charge is 0.326 e. The molecule has 0 aromatic heterocycles. The maximum Gasteiger partial charge on any atom is 0.225 e. The molecule has 0 bridgehead atoms. The lowest BCUT2D eigenvalue weighted by Gasteiger charge is -2.41. The van der Waals surface area contributed by atoms with Gasteiger partial charge < -0.3 is 10.6 Å². The fourth-order valence-corrected chi connectivity index (χ4v) is 2.79. The summed E-state index contributed by atoms with van der Waals surface area (Å²) in [5.74, 6) is 0.136. The van der Waals surface area contributed by atoms with Crippen molar-refractivity contribution >= 4 is 11.6 Å². The van der Waals surface area contributed by atoms with Gasteiger partial charge in [-0.05, 0) is 37.6 Å². The van der Waals surface area contributed by atoms with Crippen molar-refractivity contribution in [1.82, 2.24) is 5.32 Å². The average Bonchev–Trinajstić information content (AvgIpc) is 2.30. The van der Waals surface area contributed by atoms with Gasteiger partial charge in [0.1, 0.15) is 0 Å². The van der Waals surface area contributed by atoms with Gasteiger partial charge in [-0.1, -0.05) is 18.2 Å². The molecule has 1 amide bonds. The van der Waals surface area contributed by atoms with E-state index in [9.17, 15) is 4.79 Å². The Hall–Kier alpha value is -1.35. The van der Waals surface area contributed by atoms with Crippen molar-refractivity contribution in [3.05, 3.63) is 36.2 Å². The van der Waals surface area contributed by atoms with E-state index in [4.69, 9.17) is 0 Å². The van der Waals surface area contributed by atoms with Gasteiger partial charge in [0, 0.05) is 17.5 Å². The van der Waals surface area contributed by atoms with Crippen LogP contribution in [0.15, 0.2) is 24.3 Å². The summed E-state index contributed by atoms with van der Waals surface area (Å²) in [4.78, 5) is 11.7. The van der Waals surface area contributed by atoms with Gasteiger partial charge in [-0.3, -0.25) is 4.79 Å². The quantitative estimate of drug-likeness (QED) is 0.688. The van der Waals surface area contributed by atoms with E-state index in [0.717, 1.165) is 25.2 Å². The Morgan fingerprint density at radius 1 is 1.25 bits per heavy atom. The van der Waals surface area contributed by atoms with E-state index in [-0.39, 0.29) is 11.3 Å². The summed E-state index contributed by atoms with van der Waals surface area (Å²) in [6.07, 6.45) is 3.86. The summed E-state index contributed by atoms with van der Waals surface area (Å²) in [6.45, 7) is 1.87. The fraction of sp³-hybridized carbons (Fsp3) is 0.385. The molecular weight excluding hydrogens is 200 g/mol. The Labute approximate surface area is 95.2 Å². The van der Waals surface area contributed by atoms with Crippen LogP contribution in [0, 0.1) is 6.42 Å². The second kappa shape index (κ2) is 3.59. The highest BCUT2D eigenvalue weighted by atomic mass is 16.1. The molecule has 1 saturated heterocycles. The fourth-order valence-electron chi connectivity index (χ4n) is 2.79. The Balaban J connectivity index is 2.08. The van der Waals surface area contributed by atoms with Crippen molar-refractivity contribution in [2.45, 2.75) is 18.3 Å². The summed E-state index contributed by atoms with van der Waals surface area (Å²) in [5, 5.41) is 6.27. The van der Waals surface area contributed by atoms with Crippen molar-refractivity contribution < 1.29 is 4.79 Å². The van der Waals surface area contributed by atoms with Crippen LogP contribution in [0.5, 0.6) is 0 Å². The molecule has 3 heteroatoms. The molecule has 3 nitrogen and oxygen atoms in total. The SMILES string of the molecule is O=C1CC2([CH]CNCC2)c2ccccc2N1. The summed E-state index contributed by atoms with van der Waals surface area (Å²) in [5.41, 5.74) is 2.22. The first-order chi connectivity index (χ1) is 7.80. The topological polar surface area (TPSA) is 41.1 Å². The van der Waals surface area contributed by atoms with E-state index in [0.29, 0.717) is 6.42 Å². The molecule has 1 aromatic carbocycles. The van der Waals surface area contributed by atoms with Crippen molar-refractivity contribution in [3.8, 4) is 0 Å². The smallest absolute Gasteiger partial charge is 0.225 e. The number of benzene rings is 1. The van der Waals surface area contributed by atoms with E-state index in [1.165, 1.54) is 5.56 Å². The van der Waals surface area contributed by atoms with Gasteiger partial charge in [0.2, 0.25) is 5.91 Å². The van der Waals surface area contributed by atoms with E-state index in [2.05, 4.69) is 23.1 Å². The number of piperidine rings is 1. The van der Waals surface area contributed by atoms with Gasteiger partial charge in [0.25, 0.3) is 0 Å². The van der Waals surface area contributed by atoms with Crippen LogP contribution in [0.1, 0.15) is 18.4 Å². The Kier molecular flexibility index (Phi) is 2.21. The molecule has 83 valence electrons. The third-order valence-corrected chi connectivity index (χ3v) is 3.60. The first kappa shape index (κ1) is 9.85. The second-order valence-electron chi connectivity index (χ2n) is 4.58. The molecule has 2 aliphatic rings. The van der Waals surface area contributed by atoms with Gasteiger partial charge in [0.05, 0.1) is 0 Å². The number of hydrogen-bond acceptors (Lipinski definition) is 2. The highest BCUT2D eigenvalue weighted by Crippen LogP contribution is 2.42. The number of carbonyl (C=O) groups excluding carboxylic acids is 1. The third-order valence-electron chi connectivity index (χ3n) is 3.60. The summed E-state index contributed by atoms with van der Waals surface area (Å²) >= 11 is 0. The van der Waals surface area contributed by atoms with Crippen molar-refractivity contribution in [2.24, 2.45) is 0 Å². The first-order valence-corrected chi connectivity index (χ1v) is 5.75. The number of amides is 1. The monoisotopic (exact) mass is 215 g/mol. The van der Waals surface area contributed by atoms with Gasteiger partial charge in [-0.15, -0.1) is 0 Å². The van der Waals surface area contributed by atoms with Crippen LogP contribution in [-0.4, -0.2) is 19.0 Å². The summed E-state index contributed by atoms with van der Waals surface area (Å²) < 4.78 is 0. The molecule has 1 aromatic rings. The lowest BCUT2D eigenvalue weighted by atomic mass is 9.68. The highest BCUT2D eigenvalue weighted by Gasteiger charge is 2.40. The molecule has 3 rings (SSSR count). The Bertz CT molecular complexity index is 422. The number of carbonyl (C=O) groups is 1. The van der Waals surface area contributed by atoms with E-state index >= 15 is 0 Å². The minimum Gasteiger partial charge on any atom is -0.326 e. The maximum atomic E-state index is 11.7. The van der Waals surface area contributed by atoms with Gasteiger partial charge in [0.15, 0.2) is 0 Å². The van der Waals surface area contributed by atoms with Gasteiger partial charge in [-0.2, -0.15) is 0 Å².